The van der Waals surface area contributed by atoms with Gasteiger partial charge in [0.1, 0.15) is 11.6 Å². The first-order valence-electron chi connectivity index (χ1n) is 10.3. The van der Waals surface area contributed by atoms with Crippen LogP contribution in [-0.2, 0) is 25.5 Å². The summed E-state index contributed by atoms with van der Waals surface area (Å²) in [6, 6.07) is 9.17. The van der Waals surface area contributed by atoms with E-state index in [1.165, 1.54) is 0 Å². The summed E-state index contributed by atoms with van der Waals surface area (Å²) in [7, 11) is 1.55. The summed E-state index contributed by atoms with van der Waals surface area (Å²) in [5.41, 5.74) is 0.499. The first-order chi connectivity index (χ1) is 13.5. The second kappa shape index (κ2) is 11.6. The van der Waals surface area contributed by atoms with Crippen molar-refractivity contribution in [3.63, 3.8) is 0 Å². The van der Waals surface area contributed by atoms with E-state index < -0.39 is 23.5 Å². The summed E-state index contributed by atoms with van der Waals surface area (Å²) >= 11 is 0. The molecule has 1 aromatic rings. The van der Waals surface area contributed by atoms with Crippen LogP contribution in [0.5, 0.6) is 0 Å². The van der Waals surface area contributed by atoms with Crippen molar-refractivity contribution in [2.75, 3.05) is 7.05 Å². The molecule has 0 aliphatic rings. The first-order valence-corrected chi connectivity index (χ1v) is 10.3. The Morgan fingerprint density at radius 1 is 1.03 bits per heavy atom. The molecule has 0 spiro atoms. The van der Waals surface area contributed by atoms with E-state index in [0.29, 0.717) is 19.3 Å². The molecule has 0 aliphatic carbocycles. The number of aryl methyl sites for hydroxylation is 1. The summed E-state index contributed by atoms with van der Waals surface area (Å²) < 4.78 is 5.38. The van der Waals surface area contributed by atoms with Gasteiger partial charge in [-0.25, -0.2) is 0 Å². The highest BCUT2D eigenvalue weighted by molar-refractivity contribution is 5.90. The van der Waals surface area contributed by atoms with Crippen LogP contribution in [0.3, 0.4) is 0 Å². The van der Waals surface area contributed by atoms with Gasteiger partial charge in [-0.15, -0.1) is 0 Å². The van der Waals surface area contributed by atoms with Crippen molar-refractivity contribution >= 4 is 17.8 Å². The second-order valence-corrected chi connectivity index (χ2v) is 8.82. The number of ether oxygens (including phenoxy) is 1. The highest BCUT2D eigenvalue weighted by Crippen LogP contribution is 2.19. The number of esters is 1. The molecule has 0 saturated carbocycles. The van der Waals surface area contributed by atoms with Gasteiger partial charge in [0.2, 0.25) is 11.8 Å². The number of hydrogen-bond acceptors (Lipinski definition) is 4. The molecule has 1 aromatic carbocycles. The van der Waals surface area contributed by atoms with E-state index in [-0.39, 0.29) is 24.2 Å². The van der Waals surface area contributed by atoms with Crippen molar-refractivity contribution in [3.8, 4) is 0 Å². The van der Waals surface area contributed by atoms with Gasteiger partial charge in [0.15, 0.2) is 0 Å². The third kappa shape index (κ3) is 10.1. The molecule has 1 unspecified atom stereocenters. The van der Waals surface area contributed by atoms with Gasteiger partial charge in [-0.2, -0.15) is 0 Å². The lowest BCUT2D eigenvalue weighted by atomic mass is 9.92. The Kier molecular flexibility index (Phi) is 9.86. The van der Waals surface area contributed by atoms with Gasteiger partial charge in [-0.1, -0.05) is 44.2 Å². The summed E-state index contributed by atoms with van der Waals surface area (Å²) in [6.07, 6.45) is 1.70. The molecular formula is C23H36N2O4. The molecule has 0 aliphatic heterocycles. The SMILES string of the molecule is CNC(=O)[C@H](CCc1ccccc1)NC(=O)C(CC(=O)OC(C)(C)C)CC(C)C. The summed E-state index contributed by atoms with van der Waals surface area (Å²) in [6.45, 7) is 9.40. The molecule has 0 fully saturated rings. The standard InChI is InChI=1S/C23H36N2O4/c1-16(2)14-18(15-20(26)29-23(3,4)5)21(27)25-19(22(28)24-6)13-12-17-10-8-7-9-11-17/h7-11,16,18-19H,12-15H2,1-6H3,(H,24,28)(H,25,27)/t18?,19-/m0/s1. The zero-order valence-electron chi connectivity index (χ0n) is 18.6. The first kappa shape index (κ1) is 24.7. The Morgan fingerprint density at radius 2 is 1.66 bits per heavy atom. The predicted molar refractivity (Wildman–Crippen MR) is 114 cm³/mol. The van der Waals surface area contributed by atoms with Crippen LogP contribution in [0, 0.1) is 11.8 Å². The molecule has 1 rings (SSSR count). The van der Waals surface area contributed by atoms with E-state index in [2.05, 4.69) is 10.6 Å². The number of benzene rings is 1. The van der Waals surface area contributed by atoms with Crippen molar-refractivity contribution in [1.29, 1.82) is 0 Å². The van der Waals surface area contributed by atoms with Gasteiger partial charge in [-0.3, -0.25) is 14.4 Å². The lowest BCUT2D eigenvalue weighted by molar-refractivity contribution is -0.157. The van der Waals surface area contributed by atoms with Crippen molar-refractivity contribution in [2.24, 2.45) is 11.8 Å². The van der Waals surface area contributed by atoms with Crippen molar-refractivity contribution < 1.29 is 19.1 Å². The molecule has 0 heterocycles. The Labute approximate surface area is 174 Å². The third-order valence-corrected chi connectivity index (χ3v) is 4.40. The smallest absolute Gasteiger partial charge is 0.307 e. The molecule has 0 saturated heterocycles. The zero-order valence-corrected chi connectivity index (χ0v) is 18.6. The number of rotatable bonds is 10. The van der Waals surface area contributed by atoms with Crippen molar-refractivity contribution in [1.82, 2.24) is 10.6 Å². The number of hydrogen-bond donors (Lipinski definition) is 2. The Balaban J connectivity index is 2.82. The number of carbonyl (C=O) groups excluding carboxylic acids is 3. The Morgan fingerprint density at radius 3 is 2.17 bits per heavy atom. The summed E-state index contributed by atoms with van der Waals surface area (Å²) in [4.78, 5) is 37.5. The summed E-state index contributed by atoms with van der Waals surface area (Å²) in [5.74, 6) is -1.23. The molecule has 0 radical (unpaired) electrons. The highest BCUT2D eigenvalue weighted by atomic mass is 16.6. The van der Waals surface area contributed by atoms with Gasteiger partial charge in [0.25, 0.3) is 0 Å². The number of likely N-dealkylation sites (N-methyl/N-ethyl adjacent to an activating group) is 1. The second-order valence-electron chi connectivity index (χ2n) is 8.82. The highest BCUT2D eigenvalue weighted by Gasteiger charge is 2.29. The number of carbonyl (C=O) groups is 3. The maximum atomic E-state index is 12.9. The van der Waals surface area contributed by atoms with Crippen LogP contribution in [0.25, 0.3) is 0 Å². The predicted octanol–water partition coefficient (Wildman–Crippen LogP) is 3.24. The van der Waals surface area contributed by atoms with Crippen LogP contribution in [0.2, 0.25) is 0 Å². The van der Waals surface area contributed by atoms with E-state index in [0.717, 1.165) is 5.56 Å². The molecule has 29 heavy (non-hydrogen) atoms. The normalized spacial score (nSPS) is 13.5. The number of nitrogens with one attached hydrogen (secondary N) is 2. The molecule has 162 valence electrons. The quantitative estimate of drug-likeness (QED) is 0.586. The van der Waals surface area contributed by atoms with Crippen LogP contribution in [0.1, 0.15) is 59.4 Å². The molecule has 0 aromatic heterocycles. The summed E-state index contributed by atoms with van der Waals surface area (Å²) in [5, 5.41) is 5.47. The zero-order chi connectivity index (χ0) is 22.0. The fourth-order valence-corrected chi connectivity index (χ4v) is 3.12. The lowest BCUT2D eigenvalue weighted by Gasteiger charge is -2.24. The van der Waals surface area contributed by atoms with Crippen LogP contribution >= 0.6 is 0 Å². The minimum atomic E-state index is -0.652. The fourth-order valence-electron chi connectivity index (χ4n) is 3.12. The fraction of sp³-hybridized carbons (Fsp3) is 0.609. The van der Waals surface area contributed by atoms with E-state index in [4.69, 9.17) is 4.74 Å². The molecule has 2 atom stereocenters. The van der Waals surface area contributed by atoms with Gasteiger partial charge in [0.05, 0.1) is 6.42 Å². The maximum absolute atomic E-state index is 12.9. The molecular weight excluding hydrogens is 368 g/mol. The Hall–Kier alpha value is -2.37. The van der Waals surface area contributed by atoms with Crippen LogP contribution < -0.4 is 10.6 Å². The largest absolute Gasteiger partial charge is 0.460 e. The average molecular weight is 405 g/mol. The Bertz CT molecular complexity index is 665. The van der Waals surface area contributed by atoms with Crippen molar-refractivity contribution in [2.45, 2.75) is 71.9 Å². The van der Waals surface area contributed by atoms with Crippen LogP contribution in [-0.4, -0.2) is 36.5 Å². The molecule has 6 heteroatoms. The van der Waals surface area contributed by atoms with Crippen molar-refractivity contribution in [3.05, 3.63) is 35.9 Å². The number of amides is 2. The minimum absolute atomic E-state index is 0.000429. The monoisotopic (exact) mass is 404 g/mol. The van der Waals surface area contributed by atoms with Crippen LogP contribution in [0.4, 0.5) is 0 Å². The average Bonchev–Trinajstić information content (AvgIpc) is 2.62. The van der Waals surface area contributed by atoms with Gasteiger partial charge < -0.3 is 15.4 Å². The lowest BCUT2D eigenvalue weighted by Crippen LogP contribution is -2.48. The minimum Gasteiger partial charge on any atom is -0.460 e. The van der Waals surface area contributed by atoms with E-state index in [1.54, 1.807) is 27.8 Å². The molecule has 2 N–H and O–H groups in total. The maximum Gasteiger partial charge on any atom is 0.307 e. The van der Waals surface area contributed by atoms with E-state index in [9.17, 15) is 14.4 Å². The molecule has 6 nitrogen and oxygen atoms in total. The van der Waals surface area contributed by atoms with Gasteiger partial charge in [-0.05, 0) is 51.5 Å². The van der Waals surface area contributed by atoms with Crippen LogP contribution in [0.15, 0.2) is 30.3 Å². The van der Waals surface area contributed by atoms with E-state index in [1.807, 2.05) is 44.2 Å². The van der Waals surface area contributed by atoms with Gasteiger partial charge in [0, 0.05) is 13.0 Å². The topological polar surface area (TPSA) is 84.5 Å². The van der Waals surface area contributed by atoms with E-state index >= 15 is 0 Å². The molecule has 0 bridgehead atoms. The molecule has 2 amide bonds. The van der Waals surface area contributed by atoms with Gasteiger partial charge >= 0.3 is 5.97 Å². The third-order valence-electron chi connectivity index (χ3n) is 4.40.